The Morgan fingerprint density at radius 1 is 0.968 bits per heavy atom. The topological polar surface area (TPSA) is 151 Å². The molecule has 0 saturated carbocycles. The molecule has 0 bridgehead atoms. The van der Waals surface area contributed by atoms with Crippen LogP contribution in [0.4, 0.5) is 0 Å². The summed E-state index contributed by atoms with van der Waals surface area (Å²) in [6, 6.07) is -0.175. The molecule has 2 atom stereocenters. The lowest BCUT2D eigenvalue weighted by atomic mass is 10.0. The first-order valence-corrected chi connectivity index (χ1v) is 11.0. The van der Waals surface area contributed by atoms with E-state index in [0.717, 1.165) is 0 Å². The van der Waals surface area contributed by atoms with Crippen LogP contribution in [0.3, 0.4) is 0 Å². The average molecular weight is 461 g/mol. The predicted octanol–water partition coefficient (Wildman–Crippen LogP) is 0.722. The molecular weight excluding hydrogens is 428 g/mol. The van der Waals surface area contributed by atoms with E-state index in [1.165, 1.54) is 25.6 Å². The third-order valence-electron chi connectivity index (χ3n) is 3.76. The van der Waals surface area contributed by atoms with E-state index < -0.39 is 29.7 Å². The molecule has 0 heterocycles. The minimum absolute atomic E-state index is 0.0883. The van der Waals surface area contributed by atoms with E-state index in [1.54, 1.807) is 6.92 Å². The molecule has 0 fully saturated rings. The van der Waals surface area contributed by atoms with Gasteiger partial charge in [-0.05, 0) is 20.3 Å². The predicted molar refractivity (Wildman–Crippen MR) is 115 cm³/mol. The van der Waals surface area contributed by atoms with Gasteiger partial charge in [0.25, 0.3) is 0 Å². The molecule has 0 rings (SSSR count). The Balaban J connectivity index is 3.89. The van der Waals surface area contributed by atoms with Crippen LogP contribution in [-0.4, -0.2) is 67.1 Å². The summed E-state index contributed by atoms with van der Waals surface area (Å²) in [6.45, 7) is 8.06. The van der Waals surface area contributed by atoms with Crippen molar-refractivity contribution < 1.29 is 38.2 Å². The summed E-state index contributed by atoms with van der Waals surface area (Å²) in [5, 5.41) is 2.70. The smallest absolute Gasteiger partial charge is 0.333 e. The second-order valence-corrected chi connectivity index (χ2v) is 8.02. The number of hydrogen-bond acceptors (Lipinski definition) is 9. The number of esters is 3. The molecule has 11 heteroatoms. The molecule has 0 saturated heterocycles. The molecule has 176 valence electrons. The molecule has 0 aliphatic heterocycles. The Kier molecular flexibility index (Phi) is 14.8. The zero-order valence-electron chi connectivity index (χ0n) is 18.3. The van der Waals surface area contributed by atoms with E-state index >= 15 is 0 Å². The van der Waals surface area contributed by atoms with Gasteiger partial charge < -0.3 is 25.3 Å². The molecule has 0 radical (unpaired) electrons. The van der Waals surface area contributed by atoms with E-state index in [-0.39, 0.29) is 50.2 Å². The van der Waals surface area contributed by atoms with Gasteiger partial charge >= 0.3 is 17.9 Å². The molecule has 0 aromatic carbocycles. The van der Waals surface area contributed by atoms with E-state index in [2.05, 4.69) is 11.9 Å². The minimum Gasteiger partial charge on any atom is -0.465 e. The second-order valence-electron chi connectivity index (χ2n) is 6.87. The summed E-state index contributed by atoms with van der Waals surface area (Å²) in [5.41, 5.74) is 5.64. The Morgan fingerprint density at radius 2 is 1.52 bits per heavy atom. The summed E-state index contributed by atoms with van der Waals surface area (Å²) in [6.07, 6.45) is 0.147. The number of thioether (sulfide) groups is 1. The second kappa shape index (κ2) is 16.2. The van der Waals surface area contributed by atoms with Crippen molar-refractivity contribution in [1.29, 1.82) is 0 Å². The van der Waals surface area contributed by atoms with Gasteiger partial charge in [0.15, 0.2) is 0 Å². The fourth-order valence-corrected chi connectivity index (χ4v) is 3.25. The molecule has 2 amide bonds. The lowest BCUT2D eigenvalue weighted by Crippen LogP contribution is -2.36. The molecule has 10 nitrogen and oxygen atoms in total. The molecule has 0 aromatic heterocycles. The van der Waals surface area contributed by atoms with Crippen LogP contribution in [-0.2, 0) is 38.2 Å². The lowest BCUT2D eigenvalue weighted by Gasteiger charge is -2.18. The van der Waals surface area contributed by atoms with Gasteiger partial charge in [0.05, 0.1) is 12.8 Å². The Labute approximate surface area is 186 Å². The SMILES string of the molecule is C=C(C)C(=O)OCCOC(=O)CCC(=O)OCCSCC(CC(C)NC(C)=O)C(N)=O. The summed E-state index contributed by atoms with van der Waals surface area (Å²) in [7, 11) is 0. The van der Waals surface area contributed by atoms with Crippen molar-refractivity contribution in [3.63, 3.8) is 0 Å². The van der Waals surface area contributed by atoms with Crippen LogP contribution in [0.2, 0.25) is 0 Å². The largest absolute Gasteiger partial charge is 0.465 e. The fourth-order valence-electron chi connectivity index (χ4n) is 2.30. The van der Waals surface area contributed by atoms with Crippen molar-refractivity contribution in [3.8, 4) is 0 Å². The van der Waals surface area contributed by atoms with Gasteiger partial charge in [-0.2, -0.15) is 11.8 Å². The highest BCUT2D eigenvalue weighted by atomic mass is 32.2. The number of carbonyl (C=O) groups is 5. The van der Waals surface area contributed by atoms with Crippen molar-refractivity contribution >= 4 is 41.5 Å². The zero-order valence-corrected chi connectivity index (χ0v) is 19.1. The first-order valence-electron chi connectivity index (χ1n) is 9.81. The van der Waals surface area contributed by atoms with Gasteiger partial charge in [0.2, 0.25) is 11.8 Å². The summed E-state index contributed by atoms with van der Waals surface area (Å²) in [4.78, 5) is 56.9. The number of nitrogens with one attached hydrogen (secondary N) is 1. The van der Waals surface area contributed by atoms with Crippen LogP contribution in [0.1, 0.15) is 40.0 Å². The maximum absolute atomic E-state index is 11.7. The Hall–Kier alpha value is -2.56. The van der Waals surface area contributed by atoms with Crippen molar-refractivity contribution in [3.05, 3.63) is 12.2 Å². The third-order valence-corrected chi connectivity index (χ3v) is 4.85. The molecular formula is C20H32N2O8S. The minimum atomic E-state index is -0.602. The summed E-state index contributed by atoms with van der Waals surface area (Å²) in [5.74, 6) is -1.84. The van der Waals surface area contributed by atoms with Crippen molar-refractivity contribution in [1.82, 2.24) is 5.32 Å². The van der Waals surface area contributed by atoms with Gasteiger partial charge in [-0.1, -0.05) is 6.58 Å². The van der Waals surface area contributed by atoms with Crippen LogP contribution in [0.15, 0.2) is 12.2 Å². The number of rotatable bonds is 16. The van der Waals surface area contributed by atoms with Crippen LogP contribution >= 0.6 is 11.8 Å². The normalized spacial score (nSPS) is 12.2. The first kappa shape index (κ1) is 28.4. The van der Waals surface area contributed by atoms with E-state index in [0.29, 0.717) is 17.9 Å². The molecule has 31 heavy (non-hydrogen) atoms. The van der Waals surface area contributed by atoms with Crippen molar-refractivity contribution in [2.75, 3.05) is 31.3 Å². The van der Waals surface area contributed by atoms with Crippen LogP contribution in [0, 0.1) is 5.92 Å². The number of hydrogen-bond donors (Lipinski definition) is 2. The maximum atomic E-state index is 11.7. The van der Waals surface area contributed by atoms with Crippen molar-refractivity contribution in [2.24, 2.45) is 11.7 Å². The average Bonchev–Trinajstić information content (AvgIpc) is 2.67. The Morgan fingerprint density at radius 3 is 2.03 bits per heavy atom. The van der Waals surface area contributed by atoms with Crippen LogP contribution in [0.5, 0.6) is 0 Å². The van der Waals surface area contributed by atoms with Gasteiger partial charge in [-0.15, -0.1) is 0 Å². The van der Waals surface area contributed by atoms with Gasteiger partial charge in [-0.3, -0.25) is 19.2 Å². The van der Waals surface area contributed by atoms with Crippen molar-refractivity contribution in [2.45, 2.75) is 46.1 Å². The van der Waals surface area contributed by atoms with Gasteiger partial charge in [-0.25, -0.2) is 4.79 Å². The van der Waals surface area contributed by atoms with E-state index in [9.17, 15) is 24.0 Å². The monoisotopic (exact) mass is 460 g/mol. The highest BCUT2D eigenvalue weighted by molar-refractivity contribution is 7.99. The molecule has 3 N–H and O–H groups in total. The molecule has 2 unspecified atom stereocenters. The fraction of sp³-hybridized carbons (Fsp3) is 0.650. The molecule has 0 spiro atoms. The summed E-state index contributed by atoms with van der Waals surface area (Å²) >= 11 is 1.40. The molecule has 0 aliphatic carbocycles. The number of ether oxygens (including phenoxy) is 3. The zero-order chi connectivity index (χ0) is 23.8. The van der Waals surface area contributed by atoms with E-state index in [4.69, 9.17) is 19.9 Å². The highest BCUT2D eigenvalue weighted by Gasteiger charge is 2.19. The third kappa shape index (κ3) is 15.9. The quantitative estimate of drug-likeness (QED) is 0.147. The van der Waals surface area contributed by atoms with E-state index in [1.807, 2.05) is 0 Å². The number of primary amides is 1. The number of nitrogens with two attached hydrogens (primary N) is 1. The first-order chi connectivity index (χ1) is 14.5. The number of amides is 2. The van der Waals surface area contributed by atoms with Gasteiger partial charge in [0, 0.05) is 36.0 Å². The lowest BCUT2D eigenvalue weighted by molar-refractivity contribution is -0.152. The molecule has 0 aliphatic rings. The summed E-state index contributed by atoms with van der Waals surface area (Å²) < 4.78 is 14.6. The van der Waals surface area contributed by atoms with Crippen LogP contribution in [0.25, 0.3) is 0 Å². The number of carbonyl (C=O) groups excluding carboxylic acids is 5. The standard InChI is InChI=1S/C20H32N2O8S/c1-13(2)20(27)30-8-7-28-17(24)5-6-18(25)29-9-10-31-12-16(19(21)26)11-14(3)22-15(4)23/h14,16H,1,5-12H2,2-4H3,(H2,21,26)(H,22,23). The van der Waals surface area contributed by atoms with Gasteiger partial charge in [0.1, 0.15) is 19.8 Å². The Bertz CT molecular complexity index is 653. The highest BCUT2D eigenvalue weighted by Crippen LogP contribution is 2.14. The van der Waals surface area contributed by atoms with Crippen LogP contribution < -0.4 is 11.1 Å². The maximum Gasteiger partial charge on any atom is 0.333 e. The molecule has 0 aromatic rings.